The largest absolute Gasteiger partial charge is 0.486 e. The molecule has 0 unspecified atom stereocenters. The summed E-state index contributed by atoms with van der Waals surface area (Å²) in [6.07, 6.45) is 3.84. The fourth-order valence-corrected chi connectivity index (χ4v) is 5.74. The molecule has 1 aliphatic heterocycles. The number of hydrogen-bond acceptors (Lipinski definition) is 7. The lowest BCUT2D eigenvalue weighted by molar-refractivity contribution is -0.386. The van der Waals surface area contributed by atoms with Crippen LogP contribution in [0.25, 0.3) is 0 Å². The van der Waals surface area contributed by atoms with E-state index in [1.807, 2.05) is 18.2 Å². The molecule has 0 amide bonds. The molecular formula is C21H28N4O6S. The highest BCUT2D eigenvalue weighted by Crippen LogP contribution is 2.44. The number of nitro groups is 1. The fraction of sp³-hybridized carbons (Fsp3) is 0.571. The number of ether oxygens (including phenoxy) is 2. The van der Waals surface area contributed by atoms with E-state index in [9.17, 15) is 18.5 Å². The first-order valence-electron chi connectivity index (χ1n) is 10.8. The van der Waals surface area contributed by atoms with Crippen molar-refractivity contribution in [2.45, 2.75) is 51.5 Å². The monoisotopic (exact) mass is 464 g/mol. The molecule has 1 saturated carbocycles. The van der Waals surface area contributed by atoms with Gasteiger partial charge >= 0.3 is 5.69 Å². The molecule has 1 aromatic heterocycles. The molecule has 1 aromatic carbocycles. The van der Waals surface area contributed by atoms with Crippen molar-refractivity contribution in [1.29, 1.82) is 0 Å². The highest BCUT2D eigenvalue weighted by Gasteiger charge is 2.37. The Morgan fingerprint density at radius 3 is 2.53 bits per heavy atom. The number of hydrogen-bond donors (Lipinski definition) is 1. The molecule has 0 bridgehead atoms. The Labute approximate surface area is 187 Å². The van der Waals surface area contributed by atoms with Gasteiger partial charge in [-0.25, -0.2) is 13.1 Å². The summed E-state index contributed by atoms with van der Waals surface area (Å²) in [5, 5.41) is 15.3. The number of nitrogens with one attached hydrogen (secondary N) is 1. The molecule has 2 aliphatic rings. The van der Waals surface area contributed by atoms with E-state index in [0.29, 0.717) is 37.0 Å². The predicted octanol–water partition coefficient (Wildman–Crippen LogP) is 2.61. The van der Waals surface area contributed by atoms with Crippen molar-refractivity contribution in [3.05, 3.63) is 45.3 Å². The molecule has 2 aromatic rings. The molecule has 32 heavy (non-hydrogen) atoms. The van der Waals surface area contributed by atoms with Crippen molar-refractivity contribution in [1.82, 2.24) is 14.5 Å². The van der Waals surface area contributed by atoms with Crippen LogP contribution in [0.5, 0.6) is 11.5 Å². The summed E-state index contributed by atoms with van der Waals surface area (Å²) in [6, 6.07) is 5.87. The summed E-state index contributed by atoms with van der Waals surface area (Å²) in [6.45, 7) is 4.49. The molecule has 1 N–H and O–H groups in total. The minimum atomic E-state index is -3.61. The molecule has 174 valence electrons. The second-order valence-corrected chi connectivity index (χ2v) is 10.4. The third-order valence-corrected chi connectivity index (χ3v) is 7.75. The predicted molar refractivity (Wildman–Crippen MR) is 118 cm³/mol. The smallest absolute Gasteiger partial charge is 0.312 e. The highest BCUT2D eigenvalue weighted by molar-refractivity contribution is 7.89. The molecule has 2 heterocycles. The minimum Gasteiger partial charge on any atom is -0.486 e. The van der Waals surface area contributed by atoms with Gasteiger partial charge in [0.15, 0.2) is 11.5 Å². The number of rotatable bonds is 8. The van der Waals surface area contributed by atoms with Crippen LogP contribution in [0.3, 0.4) is 0 Å². The van der Waals surface area contributed by atoms with Gasteiger partial charge < -0.3 is 9.47 Å². The zero-order chi connectivity index (χ0) is 22.9. The van der Waals surface area contributed by atoms with Gasteiger partial charge in [0.1, 0.15) is 24.6 Å². The van der Waals surface area contributed by atoms with Crippen LogP contribution in [0.2, 0.25) is 0 Å². The van der Waals surface area contributed by atoms with Crippen molar-refractivity contribution in [3.8, 4) is 11.5 Å². The molecule has 0 saturated heterocycles. The van der Waals surface area contributed by atoms with E-state index in [1.54, 1.807) is 13.8 Å². The van der Waals surface area contributed by atoms with E-state index in [0.717, 1.165) is 31.2 Å². The Morgan fingerprint density at radius 1 is 1.19 bits per heavy atom. The Kier molecular flexibility index (Phi) is 6.13. The van der Waals surface area contributed by atoms with E-state index in [2.05, 4.69) is 9.82 Å². The van der Waals surface area contributed by atoms with Gasteiger partial charge in [-0.05, 0) is 44.4 Å². The topological polar surface area (TPSA) is 126 Å². The van der Waals surface area contributed by atoms with E-state index in [4.69, 9.17) is 9.47 Å². The van der Waals surface area contributed by atoms with E-state index in [1.165, 1.54) is 4.68 Å². The van der Waals surface area contributed by atoms with Crippen molar-refractivity contribution >= 4 is 15.7 Å². The molecule has 1 aliphatic carbocycles. The number of fused-ring (bicyclic) bond motifs is 1. The van der Waals surface area contributed by atoms with Crippen LogP contribution in [-0.4, -0.2) is 48.6 Å². The van der Waals surface area contributed by atoms with E-state index < -0.39 is 14.9 Å². The Bertz CT molecular complexity index is 1120. The first-order chi connectivity index (χ1) is 15.2. The quantitative estimate of drug-likeness (QED) is 0.470. The van der Waals surface area contributed by atoms with Gasteiger partial charge in [0.25, 0.3) is 0 Å². The summed E-state index contributed by atoms with van der Waals surface area (Å²) in [5.74, 6) is 1.21. The summed E-state index contributed by atoms with van der Waals surface area (Å²) in [4.78, 5) is 10.7. The van der Waals surface area contributed by atoms with Crippen molar-refractivity contribution in [2.24, 2.45) is 0 Å². The van der Waals surface area contributed by atoms with Gasteiger partial charge in [-0.3, -0.25) is 14.8 Å². The van der Waals surface area contributed by atoms with Crippen LogP contribution in [0.15, 0.2) is 18.2 Å². The van der Waals surface area contributed by atoms with Gasteiger partial charge in [0, 0.05) is 12.0 Å². The lowest BCUT2D eigenvalue weighted by Crippen LogP contribution is -2.40. The molecule has 4 rings (SSSR count). The standard InChI is InChI=1S/C21H28N4O6S/c1-15-20(25(26)27)16(2)24(23-15)9-12-32(28,29)22-14-21(7-3-4-8-21)17-5-6-18-19(13-17)31-11-10-30-18/h5-6,13,22H,3-4,7-12,14H2,1-2H3. The summed E-state index contributed by atoms with van der Waals surface area (Å²) >= 11 is 0. The van der Waals surface area contributed by atoms with E-state index in [-0.39, 0.29) is 29.1 Å². The number of benzene rings is 1. The maximum Gasteiger partial charge on any atom is 0.312 e. The van der Waals surface area contributed by atoms with Crippen molar-refractivity contribution in [2.75, 3.05) is 25.5 Å². The molecule has 0 spiro atoms. The van der Waals surface area contributed by atoms with Crippen molar-refractivity contribution < 1.29 is 22.8 Å². The number of aromatic nitrogens is 2. The normalized spacial score (nSPS) is 17.4. The average Bonchev–Trinajstić information content (AvgIpc) is 3.35. The summed E-state index contributed by atoms with van der Waals surface area (Å²) in [7, 11) is -3.61. The first kappa shape index (κ1) is 22.5. The second-order valence-electron chi connectivity index (χ2n) is 8.49. The maximum atomic E-state index is 12.8. The van der Waals surface area contributed by atoms with Crippen LogP contribution in [0.1, 0.15) is 42.6 Å². The maximum absolute atomic E-state index is 12.8. The van der Waals surface area contributed by atoms with Gasteiger partial charge in [0.05, 0.1) is 17.2 Å². The van der Waals surface area contributed by atoms with Crippen LogP contribution < -0.4 is 14.2 Å². The zero-order valence-electron chi connectivity index (χ0n) is 18.3. The molecule has 0 atom stereocenters. The highest BCUT2D eigenvalue weighted by atomic mass is 32.2. The average molecular weight is 465 g/mol. The van der Waals surface area contributed by atoms with E-state index >= 15 is 0 Å². The molecule has 0 radical (unpaired) electrons. The number of aryl methyl sites for hydroxylation is 2. The van der Waals surface area contributed by atoms with Crippen LogP contribution in [-0.2, 0) is 22.0 Å². The molecule has 10 nitrogen and oxygen atoms in total. The Hall–Kier alpha value is -2.66. The third kappa shape index (κ3) is 4.44. The fourth-order valence-electron chi connectivity index (χ4n) is 4.69. The Balaban J connectivity index is 1.46. The lowest BCUT2D eigenvalue weighted by Gasteiger charge is -2.31. The van der Waals surface area contributed by atoms with Gasteiger partial charge in [-0.15, -0.1) is 0 Å². The molecule has 11 heteroatoms. The Morgan fingerprint density at radius 2 is 1.88 bits per heavy atom. The molecule has 1 fully saturated rings. The summed E-state index contributed by atoms with van der Waals surface area (Å²) < 4.78 is 41.0. The second kappa shape index (κ2) is 8.70. The SMILES string of the molecule is Cc1nn(CCS(=O)(=O)NCC2(c3ccc4c(c3)OCCO4)CCCC2)c(C)c1[N+](=O)[O-]. The van der Waals surface area contributed by atoms with Gasteiger partial charge in [-0.1, -0.05) is 18.9 Å². The molecular weight excluding hydrogens is 436 g/mol. The third-order valence-electron chi connectivity index (χ3n) is 6.44. The van der Waals surface area contributed by atoms with Gasteiger partial charge in [0.2, 0.25) is 10.0 Å². The lowest BCUT2D eigenvalue weighted by atomic mass is 9.79. The zero-order valence-corrected chi connectivity index (χ0v) is 19.1. The first-order valence-corrected chi connectivity index (χ1v) is 12.4. The minimum absolute atomic E-state index is 0.0485. The summed E-state index contributed by atoms with van der Waals surface area (Å²) in [5.41, 5.74) is 1.32. The number of nitrogens with zero attached hydrogens (tertiary/aromatic N) is 3. The number of sulfonamides is 1. The van der Waals surface area contributed by atoms with Gasteiger partial charge in [-0.2, -0.15) is 5.10 Å². The van der Waals surface area contributed by atoms with Crippen molar-refractivity contribution in [3.63, 3.8) is 0 Å². The van der Waals surface area contributed by atoms with Crippen LogP contribution in [0, 0.1) is 24.0 Å². The van der Waals surface area contributed by atoms with Crippen LogP contribution in [0.4, 0.5) is 5.69 Å². The van der Waals surface area contributed by atoms with Crippen LogP contribution >= 0.6 is 0 Å².